The lowest BCUT2D eigenvalue weighted by Crippen LogP contribution is -2.30. The van der Waals surface area contributed by atoms with Gasteiger partial charge in [0.1, 0.15) is 5.69 Å². The molecule has 1 aromatic heterocycles. The van der Waals surface area contributed by atoms with Gasteiger partial charge in [-0.1, -0.05) is 36.4 Å². The maximum Gasteiger partial charge on any atom is 0.271 e. The quantitative estimate of drug-likeness (QED) is 0.829. The maximum atomic E-state index is 12.5. The third kappa shape index (κ3) is 2.43. The zero-order valence-electron chi connectivity index (χ0n) is 11.2. The van der Waals surface area contributed by atoms with E-state index in [2.05, 4.69) is 34.1 Å². The first-order valence-electron chi connectivity index (χ1n) is 6.51. The van der Waals surface area contributed by atoms with Crippen LogP contribution in [0.5, 0.6) is 0 Å². The smallest absolute Gasteiger partial charge is 0.271 e. The first-order valence-corrected chi connectivity index (χ1v) is 7.30. The number of aromatic nitrogens is 1. The van der Waals surface area contributed by atoms with Crippen LogP contribution in [0.4, 0.5) is 0 Å². The number of hydrogen-bond donors (Lipinski definition) is 0. The topological polar surface area (TPSA) is 25.2 Å². The Labute approximate surface area is 126 Å². The molecule has 0 atom stereocenters. The van der Waals surface area contributed by atoms with Gasteiger partial charge in [0.25, 0.3) is 5.91 Å². The van der Waals surface area contributed by atoms with Crippen molar-refractivity contribution in [2.24, 2.45) is 7.05 Å². The van der Waals surface area contributed by atoms with Crippen molar-refractivity contribution in [2.45, 2.75) is 0 Å². The molecule has 0 fully saturated rings. The summed E-state index contributed by atoms with van der Waals surface area (Å²) in [5.41, 5.74) is 3.11. The van der Waals surface area contributed by atoms with Crippen LogP contribution >= 0.6 is 15.9 Å². The third-order valence-corrected chi connectivity index (χ3v) is 3.98. The van der Waals surface area contributed by atoms with Gasteiger partial charge in [-0.25, -0.2) is 0 Å². The van der Waals surface area contributed by atoms with Crippen LogP contribution in [0.2, 0.25) is 0 Å². The number of amides is 1. The molecule has 0 unspecified atom stereocenters. The summed E-state index contributed by atoms with van der Waals surface area (Å²) in [6, 6.07) is 12.1. The van der Waals surface area contributed by atoms with E-state index in [-0.39, 0.29) is 5.91 Å². The molecular weight excluding hydrogens is 316 g/mol. The van der Waals surface area contributed by atoms with E-state index in [1.807, 2.05) is 47.0 Å². The molecule has 3 nitrogen and oxygen atoms in total. The molecule has 4 heteroatoms. The minimum atomic E-state index is 0.0698. The van der Waals surface area contributed by atoms with Crippen LogP contribution < -0.4 is 0 Å². The Hall–Kier alpha value is -1.81. The first kappa shape index (κ1) is 13.2. The van der Waals surface area contributed by atoms with Crippen molar-refractivity contribution >= 4 is 27.4 Å². The number of carbonyl (C=O) groups excluding carboxylic acids is 1. The lowest BCUT2D eigenvalue weighted by Gasteiger charge is -2.17. The first-order chi connectivity index (χ1) is 9.65. The van der Waals surface area contributed by atoms with Crippen LogP contribution in [0.25, 0.3) is 5.57 Å². The molecule has 1 aromatic carbocycles. The fourth-order valence-electron chi connectivity index (χ4n) is 2.47. The highest BCUT2D eigenvalue weighted by atomic mass is 79.9. The van der Waals surface area contributed by atoms with E-state index in [1.54, 1.807) is 0 Å². The van der Waals surface area contributed by atoms with Crippen LogP contribution in [-0.4, -0.2) is 28.5 Å². The van der Waals surface area contributed by atoms with E-state index in [1.165, 1.54) is 11.1 Å². The van der Waals surface area contributed by atoms with Gasteiger partial charge in [0, 0.05) is 30.8 Å². The molecule has 2 heterocycles. The number of hydrogen-bond acceptors (Lipinski definition) is 1. The van der Waals surface area contributed by atoms with Gasteiger partial charge in [0.2, 0.25) is 0 Å². The van der Waals surface area contributed by atoms with Crippen LogP contribution in [0.15, 0.2) is 53.1 Å². The highest BCUT2D eigenvalue weighted by Crippen LogP contribution is 2.23. The number of carbonyl (C=O) groups is 1. The molecule has 0 N–H and O–H groups in total. The average Bonchev–Trinajstić information content (AvgIpc) is 3.06. The van der Waals surface area contributed by atoms with Crippen molar-refractivity contribution < 1.29 is 4.79 Å². The summed E-state index contributed by atoms with van der Waals surface area (Å²) < 4.78 is 2.78. The highest BCUT2D eigenvalue weighted by Gasteiger charge is 2.23. The minimum Gasteiger partial charge on any atom is -0.345 e. The maximum absolute atomic E-state index is 12.5. The zero-order valence-corrected chi connectivity index (χ0v) is 12.8. The van der Waals surface area contributed by atoms with Crippen LogP contribution in [0.1, 0.15) is 16.1 Å². The van der Waals surface area contributed by atoms with Crippen molar-refractivity contribution in [1.29, 1.82) is 0 Å². The Morgan fingerprint density at radius 1 is 1.25 bits per heavy atom. The van der Waals surface area contributed by atoms with Crippen LogP contribution in [-0.2, 0) is 7.05 Å². The molecule has 3 rings (SSSR count). The molecule has 102 valence electrons. The van der Waals surface area contributed by atoms with Gasteiger partial charge in [-0.15, -0.1) is 0 Å². The van der Waals surface area contributed by atoms with Crippen molar-refractivity contribution in [3.63, 3.8) is 0 Å². The number of rotatable bonds is 2. The van der Waals surface area contributed by atoms with Crippen LogP contribution in [0.3, 0.4) is 0 Å². The van der Waals surface area contributed by atoms with Gasteiger partial charge in [0.15, 0.2) is 0 Å². The largest absolute Gasteiger partial charge is 0.345 e. The second-order valence-corrected chi connectivity index (χ2v) is 5.85. The van der Waals surface area contributed by atoms with Crippen molar-refractivity contribution in [2.75, 3.05) is 13.1 Å². The van der Waals surface area contributed by atoms with E-state index in [9.17, 15) is 4.79 Å². The summed E-state index contributed by atoms with van der Waals surface area (Å²) in [6.07, 6.45) is 4.03. The van der Waals surface area contributed by atoms with Crippen molar-refractivity contribution in [3.8, 4) is 0 Å². The Bertz CT molecular complexity index is 673. The molecule has 0 saturated carbocycles. The Morgan fingerprint density at radius 2 is 2.00 bits per heavy atom. The second kappa shape index (κ2) is 5.29. The third-order valence-electron chi connectivity index (χ3n) is 3.54. The number of halogens is 1. The average molecular weight is 331 g/mol. The number of nitrogens with zero attached hydrogens (tertiary/aromatic N) is 2. The van der Waals surface area contributed by atoms with Crippen molar-refractivity contribution in [3.05, 3.63) is 64.4 Å². The van der Waals surface area contributed by atoms with Gasteiger partial charge in [-0.05, 0) is 33.1 Å². The summed E-state index contributed by atoms with van der Waals surface area (Å²) in [7, 11) is 1.89. The molecule has 0 spiro atoms. The molecule has 0 bridgehead atoms. The lowest BCUT2D eigenvalue weighted by atomic mass is 10.1. The standard InChI is InChI=1S/C16H15BrN2O/c1-18-11-14(17)9-15(18)16(20)19-8-7-13(10-19)12-5-3-2-4-6-12/h2-7,9,11H,8,10H2,1H3. The lowest BCUT2D eigenvalue weighted by molar-refractivity contribution is 0.0792. The summed E-state index contributed by atoms with van der Waals surface area (Å²) in [5.74, 6) is 0.0698. The molecule has 1 aliphatic rings. The summed E-state index contributed by atoms with van der Waals surface area (Å²) in [4.78, 5) is 14.4. The normalized spacial score (nSPS) is 14.5. The van der Waals surface area contributed by atoms with Gasteiger partial charge in [-0.2, -0.15) is 0 Å². The molecule has 0 aliphatic carbocycles. The van der Waals surface area contributed by atoms with Crippen LogP contribution in [0, 0.1) is 0 Å². The Kier molecular flexibility index (Phi) is 3.49. The zero-order chi connectivity index (χ0) is 14.1. The minimum absolute atomic E-state index is 0.0698. The highest BCUT2D eigenvalue weighted by molar-refractivity contribution is 9.10. The molecule has 0 radical (unpaired) electrons. The monoisotopic (exact) mass is 330 g/mol. The van der Waals surface area contributed by atoms with Gasteiger partial charge in [-0.3, -0.25) is 4.79 Å². The predicted octanol–water partition coefficient (Wildman–Crippen LogP) is 3.33. The number of benzene rings is 1. The predicted molar refractivity (Wildman–Crippen MR) is 83.4 cm³/mol. The van der Waals surface area contributed by atoms with Gasteiger partial charge >= 0.3 is 0 Å². The fourth-order valence-corrected chi connectivity index (χ4v) is 2.99. The SMILES string of the molecule is Cn1cc(Br)cc1C(=O)N1CC=C(c2ccccc2)C1. The van der Waals surface area contributed by atoms with E-state index in [0.29, 0.717) is 18.8 Å². The molecule has 1 amide bonds. The Balaban J connectivity index is 1.76. The Morgan fingerprint density at radius 3 is 2.65 bits per heavy atom. The van der Waals surface area contributed by atoms with E-state index in [0.717, 1.165) is 4.47 Å². The molecule has 0 saturated heterocycles. The van der Waals surface area contributed by atoms with Gasteiger partial charge in [0.05, 0.1) is 0 Å². The molecule has 20 heavy (non-hydrogen) atoms. The second-order valence-electron chi connectivity index (χ2n) is 4.94. The van der Waals surface area contributed by atoms with E-state index >= 15 is 0 Å². The summed E-state index contributed by atoms with van der Waals surface area (Å²) in [6.45, 7) is 1.34. The fraction of sp³-hybridized carbons (Fsp3) is 0.188. The van der Waals surface area contributed by atoms with Crippen molar-refractivity contribution in [1.82, 2.24) is 9.47 Å². The number of aryl methyl sites for hydroxylation is 1. The molecule has 2 aromatic rings. The van der Waals surface area contributed by atoms with E-state index < -0.39 is 0 Å². The molecule has 1 aliphatic heterocycles. The summed E-state index contributed by atoms with van der Waals surface area (Å²) in [5, 5.41) is 0. The molecular formula is C16H15BrN2O. The van der Waals surface area contributed by atoms with E-state index in [4.69, 9.17) is 0 Å². The van der Waals surface area contributed by atoms with Gasteiger partial charge < -0.3 is 9.47 Å². The summed E-state index contributed by atoms with van der Waals surface area (Å²) >= 11 is 3.40.